The molecule has 170 valence electrons. The number of likely N-dealkylation sites (N-methyl/N-ethyl adjacent to an activating group) is 1. The molecule has 1 unspecified atom stereocenters. The predicted molar refractivity (Wildman–Crippen MR) is 111 cm³/mol. The summed E-state index contributed by atoms with van der Waals surface area (Å²) < 4.78 is 46.5. The van der Waals surface area contributed by atoms with Gasteiger partial charge >= 0.3 is 12.3 Å². The van der Waals surface area contributed by atoms with Gasteiger partial charge in [-0.25, -0.2) is 4.79 Å². The summed E-state index contributed by atoms with van der Waals surface area (Å²) in [5, 5.41) is 0. The molecule has 0 saturated carbocycles. The fraction of sp³-hybridized carbons (Fsp3) is 0.682. The van der Waals surface area contributed by atoms with Crippen LogP contribution in [0.3, 0.4) is 0 Å². The molecule has 0 spiro atoms. The molecule has 1 aliphatic rings. The summed E-state index contributed by atoms with van der Waals surface area (Å²) in [6, 6.07) is 5.43. The summed E-state index contributed by atoms with van der Waals surface area (Å²) in [5.41, 5.74) is -0.870. The lowest BCUT2D eigenvalue weighted by atomic mass is 9.97. The zero-order chi connectivity index (χ0) is 22.5. The van der Waals surface area contributed by atoms with Crippen LogP contribution in [-0.2, 0) is 10.9 Å². The number of hydrogen-bond acceptors (Lipinski definition) is 4. The van der Waals surface area contributed by atoms with Gasteiger partial charge in [-0.05, 0) is 45.5 Å². The minimum Gasteiger partial charge on any atom is -0.444 e. The highest BCUT2D eigenvalue weighted by molar-refractivity contribution is 5.68. The van der Waals surface area contributed by atoms with Crippen molar-refractivity contribution in [2.75, 3.05) is 45.8 Å². The molecule has 0 bridgehead atoms. The van der Waals surface area contributed by atoms with Gasteiger partial charge < -0.3 is 14.5 Å². The summed E-state index contributed by atoms with van der Waals surface area (Å²) in [6.45, 7) is 13.3. The van der Waals surface area contributed by atoms with Crippen molar-refractivity contribution < 1.29 is 22.7 Å². The summed E-state index contributed by atoms with van der Waals surface area (Å²) in [7, 11) is 0. The first-order chi connectivity index (χ1) is 14.0. The van der Waals surface area contributed by atoms with Crippen LogP contribution in [-0.4, -0.2) is 72.2 Å². The highest BCUT2D eigenvalue weighted by Crippen LogP contribution is 2.37. The maximum Gasteiger partial charge on any atom is 0.416 e. The van der Waals surface area contributed by atoms with Crippen molar-refractivity contribution in [2.45, 2.75) is 52.4 Å². The highest BCUT2D eigenvalue weighted by Gasteiger charge is 2.38. The summed E-state index contributed by atoms with van der Waals surface area (Å²) in [5.74, 6) is 0. The highest BCUT2D eigenvalue weighted by atomic mass is 19.4. The molecule has 0 aliphatic carbocycles. The Morgan fingerprint density at radius 2 is 1.63 bits per heavy atom. The van der Waals surface area contributed by atoms with E-state index < -0.39 is 23.4 Å². The van der Waals surface area contributed by atoms with Gasteiger partial charge in [-0.3, -0.25) is 4.90 Å². The molecule has 1 atom stereocenters. The van der Waals surface area contributed by atoms with E-state index in [2.05, 4.69) is 9.80 Å². The molecule has 0 aromatic heterocycles. The predicted octanol–water partition coefficient (Wildman–Crippen LogP) is 4.64. The van der Waals surface area contributed by atoms with Gasteiger partial charge in [-0.2, -0.15) is 13.2 Å². The van der Waals surface area contributed by atoms with Crippen molar-refractivity contribution in [3.8, 4) is 0 Å². The van der Waals surface area contributed by atoms with Gasteiger partial charge in [0.15, 0.2) is 0 Å². The van der Waals surface area contributed by atoms with Gasteiger partial charge in [0.25, 0.3) is 0 Å². The van der Waals surface area contributed by atoms with Crippen molar-refractivity contribution in [3.05, 3.63) is 35.4 Å². The number of piperazine rings is 1. The number of halogens is 3. The molecule has 2 rings (SSSR count). The maximum atomic E-state index is 13.7. The van der Waals surface area contributed by atoms with E-state index in [0.717, 1.165) is 19.2 Å². The van der Waals surface area contributed by atoms with Crippen LogP contribution in [0.4, 0.5) is 18.0 Å². The Labute approximate surface area is 177 Å². The van der Waals surface area contributed by atoms with E-state index in [9.17, 15) is 18.0 Å². The molecule has 1 fully saturated rings. The van der Waals surface area contributed by atoms with Gasteiger partial charge in [0.2, 0.25) is 0 Å². The smallest absolute Gasteiger partial charge is 0.416 e. The molecular weight excluding hydrogens is 395 g/mol. The Hall–Kier alpha value is -1.80. The standard InChI is InChI=1S/C22H34F3N3O2/c1-6-26(7-2)16-19(17-10-8-9-11-18(17)22(23,24)25)27-12-14-28(15-13-27)20(29)30-21(3,4)5/h8-11,19H,6-7,12-16H2,1-5H3. The molecule has 5 nitrogen and oxygen atoms in total. The number of nitrogens with zero attached hydrogens (tertiary/aromatic N) is 3. The summed E-state index contributed by atoms with van der Waals surface area (Å²) >= 11 is 0. The van der Waals surface area contributed by atoms with Crippen molar-refractivity contribution in [2.24, 2.45) is 0 Å². The third-order valence-corrected chi connectivity index (χ3v) is 5.36. The van der Waals surface area contributed by atoms with E-state index in [1.165, 1.54) is 6.07 Å². The van der Waals surface area contributed by atoms with Crippen LogP contribution in [0.2, 0.25) is 0 Å². The maximum absolute atomic E-state index is 13.7. The molecule has 0 N–H and O–H groups in total. The Morgan fingerprint density at radius 1 is 1.07 bits per heavy atom. The minimum absolute atomic E-state index is 0.294. The van der Waals surface area contributed by atoms with Gasteiger partial charge in [-0.15, -0.1) is 0 Å². The minimum atomic E-state index is -4.41. The fourth-order valence-electron chi connectivity index (χ4n) is 3.73. The van der Waals surface area contributed by atoms with Crippen LogP contribution in [0.15, 0.2) is 24.3 Å². The lowest BCUT2D eigenvalue weighted by Gasteiger charge is -2.41. The number of carbonyl (C=O) groups excluding carboxylic acids is 1. The van der Waals surface area contributed by atoms with Crippen LogP contribution in [0.25, 0.3) is 0 Å². The van der Waals surface area contributed by atoms with Crippen LogP contribution in [0.1, 0.15) is 51.8 Å². The van der Waals surface area contributed by atoms with Crippen molar-refractivity contribution >= 4 is 6.09 Å². The quantitative estimate of drug-likeness (QED) is 0.660. The van der Waals surface area contributed by atoms with Crippen LogP contribution in [0, 0.1) is 0 Å². The first-order valence-corrected chi connectivity index (χ1v) is 10.6. The first-order valence-electron chi connectivity index (χ1n) is 10.6. The Bertz CT molecular complexity index is 692. The average Bonchev–Trinajstić information content (AvgIpc) is 2.67. The molecule has 8 heteroatoms. The van der Waals surface area contributed by atoms with E-state index in [-0.39, 0.29) is 6.09 Å². The molecule has 30 heavy (non-hydrogen) atoms. The normalized spacial score (nSPS) is 17.3. The van der Waals surface area contributed by atoms with Gasteiger partial charge in [-0.1, -0.05) is 32.0 Å². The molecule has 1 heterocycles. The monoisotopic (exact) mass is 429 g/mol. The van der Waals surface area contributed by atoms with E-state index >= 15 is 0 Å². The third kappa shape index (κ3) is 6.60. The van der Waals surface area contributed by atoms with Crippen molar-refractivity contribution in [1.29, 1.82) is 0 Å². The Kier molecular flexibility index (Phi) is 8.16. The second-order valence-electron chi connectivity index (χ2n) is 8.59. The molecule has 0 radical (unpaired) electrons. The largest absolute Gasteiger partial charge is 0.444 e. The average molecular weight is 430 g/mol. The van der Waals surface area contributed by atoms with E-state index in [4.69, 9.17) is 4.74 Å². The fourth-order valence-corrected chi connectivity index (χ4v) is 3.73. The second kappa shape index (κ2) is 10.0. The number of amides is 1. The number of ether oxygens (including phenoxy) is 1. The molecule has 1 amide bonds. The summed E-state index contributed by atoms with van der Waals surface area (Å²) in [4.78, 5) is 18.2. The number of alkyl halides is 3. The zero-order valence-corrected chi connectivity index (χ0v) is 18.6. The number of hydrogen-bond donors (Lipinski definition) is 0. The van der Waals surface area contributed by atoms with E-state index in [1.54, 1.807) is 17.0 Å². The molecule has 1 saturated heterocycles. The molecule has 1 aromatic carbocycles. The third-order valence-electron chi connectivity index (χ3n) is 5.36. The van der Waals surface area contributed by atoms with Crippen LogP contribution >= 0.6 is 0 Å². The topological polar surface area (TPSA) is 36.0 Å². The van der Waals surface area contributed by atoms with Gasteiger partial charge in [0.05, 0.1) is 5.56 Å². The molecular formula is C22H34F3N3O2. The van der Waals surface area contributed by atoms with Gasteiger partial charge in [0, 0.05) is 38.8 Å². The Balaban J connectivity index is 2.23. The number of carbonyl (C=O) groups is 1. The van der Waals surface area contributed by atoms with Crippen LogP contribution in [0.5, 0.6) is 0 Å². The van der Waals surface area contributed by atoms with Crippen molar-refractivity contribution in [1.82, 2.24) is 14.7 Å². The zero-order valence-electron chi connectivity index (χ0n) is 18.6. The SMILES string of the molecule is CCN(CC)CC(c1ccccc1C(F)(F)F)N1CCN(C(=O)OC(C)(C)C)CC1. The second-order valence-corrected chi connectivity index (χ2v) is 8.59. The van der Waals surface area contributed by atoms with Gasteiger partial charge in [0.1, 0.15) is 5.60 Å². The van der Waals surface area contributed by atoms with E-state index in [1.807, 2.05) is 34.6 Å². The van der Waals surface area contributed by atoms with Crippen molar-refractivity contribution in [3.63, 3.8) is 0 Å². The van der Waals surface area contributed by atoms with Crippen LogP contribution < -0.4 is 0 Å². The number of rotatable bonds is 6. The first kappa shape index (κ1) is 24.5. The summed E-state index contributed by atoms with van der Waals surface area (Å²) in [6.07, 6.45) is -4.78. The van der Waals surface area contributed by atoms with E-state index in [0.29, 0.717) is 38.3 Å². The number of benzene rings is 1. The molecule has 1 aromatic rings. The lowest BCUT2D eigenvalue weighted by molar-refractivity contribution is -0.139. The Morgan fingerprint density at radius 3 is 2.13 bits per heavy atom. The lowest BCUT2D eigenvalue weighted by Crippen LogP contribution is -2.52. The molecule has 1 aliphatic heterocycles.